The number of hydrogen-bond acceptors (Lipinski definition) is 4. The summed E-state index contributed by atoms with van der Waals surface area (Å²) < 4.78 is 26.5. The fraction of sp³-hybridized carbons (Fsp3) is 0.526. The average molecular weight is 380 g/mol. The summed E-state index contributed by atoms with van der Waals surface area (Å²) in [7, 11) is -3.45. The van der Waals surface area contributed by atoms with Crippen LogP contribution in [0.5, 0.6) is 0 Å². The average Bonchev–Trinajstić information content (AvgIpc) is 2.65. The van der Waals surface area contributed by atoms with Gasteiger partial charge in [-0.3, -0.25) is 9.69 Å². The number of hydrogen-bond donors (Lipinski definition) is 1. The van der Waals surface area contributed by atoms with Crippen LogP contribution >= 0.6 is 0 Å². The van der Waals surface area contributed by atoms with E-state index in [9.17, 15) is 13.2 Å². The summed E-state index contributed by atoms with van der Waals surface area (Å²) in [6, 6.07) is 9.11. The number of carbonyl (C=O) groups is 1. The van der Waals surface area contributed by atoms with E-state index in [0.717, 1.165) is 5.56 Å². The maximum atomic E-state index is 12.5. The summed E-state index contributed by atoms with van der Waals surface area (Å²) in [5.74, 6) is 0.406. The molecular formula is C19H29N3O3S. The van der Waals surface area contributed by atoms with Crippen LogP contribution in [-0.4, -0.2) is 62.3 Å². The third-order valence-electron chi connectivity index (χ3n) is 4.48. The van der Waals surface area contributed by atoms with E-state index in [0.29, 0.717) is 38.6 Å². The Kier molecular flexibility index (Phi) is 7.37. The van der Waals surface area contributed by atoms with Crippen molar-refractivity contribution in [1.29, 1.82) is 0 Å². The van der Waals surface area contributed by atoms with Crippen molar-refractivity contribution in [1.82, 2.24) is 14.5 Å². The number of nitrogens with one attached hydrogen (secondary N) is 1. The summed E-state index contributed by atoms with van der Waals surface area (Å²) in [6.07, 6.45) is 1.61. The number of nitrogens with zero attached hydrogens (tertiary/aromatic N) is 2. The van der Waals surface area contributed by atoms with Crippen LogP contribution in [0.1, 0.15) is 26.3 Å². The van der Waals surface area contributed by atoms with Gasteiger partial charge in [-0.1, -0.05) is 44.2 Å². The van der Waals surface area contributed by atoms with E-state index in [2.05, 4.69) is 19.2 Å². The molecule has 1 aromatic rings. The van der Waals surface area contributed by atoms with Gasteiger partial charge >= 0.3 is 0 Å². The molecule has 1 aromatic carbocycles. The highest BCUT2D eigenvalue weighted by atomic mass is 32.2. The van der Waals surface area contributed by atoms with Gasteiger partial charge in [0.15, 0.2) is 0 Å². The molecule has 6 nitrogen and oxygen atoms in total. The van der Waals surface area contributed by atoms with Crippen LogP contribution in [0.4, 0.5) is 0 Å². The zero-order chi connectivity index (χ0) is 19.2. The zero-order valence-corrected chi connectivity index (χ0v) is 16.6. The Morgan fingerprint density at radius 2 is 1.73 bits per heavy atom. The number of rotatable bonds is 7. The normalized spacial score (nSPS) is 18.3. The van der Waals surface area contributed by atoms with Crippen molar-refractivity contribution < 1.29 is 13.2 Å². The second-order valence-corrected chi connectivity index (χ2v) is 8.83. The molecule has 0 unspecified atom stereocenters. The van der Waals surface area contributed by atoms with Crippen LogP contribution in [0.25, 0.3) is 6.08 Å². The van der Waals surface area contributed by atoms with E-state index in [4.69, 9.17) is 0 Å². The fourth-order valence-electron chi connectivity index (χ4n) is 2.78. The molecule has 0 radical (unpaired) electrons. The third kappa shape index (κ3) is 5.93. The van der Waals surface area contributed by atoms with Gasteiger partial charge in [-0.15, -0.1) is 0 Å². The number of carbonyl (C=O) groups excluding carboxylic acids is 1. The molecule has 1 N–H and O–H groups in total. The molecule has 1 heterocycles. The molecule has 0 aromatic heterocycles. The van der Waals surface area contributed by atoms with Gasteiger partial charge < -0.3 is 5.32 Å². The molecule has 1 fully saturated rings. The van der Waals surface area contributed by atoms with Gasteiger partial charge in [-0.05, 0) is 24.5 Å². The summed E-state index contributed by atoms with van der Waals surface area (Å²) in [6.45, 7) is 8.52. The van der Waals surface area contributed by atoms with Crippen molar-refractivity contribution in [2.75, 3.05) is 32.7 Å². The van der Waals surface area contributed by atoms with E-state index in [1.807, 2.05) is 42.2 Å². The first-order chi connectivity index (χ1) is 12.3. The minimum Gasteiger partial charge on any atom is -0.354 e. The van der Waals surface area contributed by atoms with Gasteiger partial charge in [0.2, 0.25) is 15.9 Å². The molecule has 1 atom stereocenters. The van der Waals surface area contributed by atoms with Crippen molar-refractivity contribution in [3.05, 3.63) is 41.3 Å². The number of amides is 1. The molecular weight excluding hydrogens is 350 g/mol. The van der Waals surface area contributed by atoms with Crippen LogP contribution in [0.2, 0.25) is 0 Å². The predicted molar refractivity (Wildman–Crippen MR) is 105 cm³/mol. The number of piperazine rings is 1. The lowest BCUT2D eigenvalue weighted by molar-refractivity contribution is -0.126. The maximum absolute atomic E-state index is 12.5. The molecule has 0 aliphatic carbocycles. The molecule has 1 saturated heterocycles. The highest BCUT2D eigenvalue weighted by molar-refractivity contribution is 7.92. The van der Waals surface area contributed by atoms with Crippen LogP contribution in [0.3, 0.4) is 0 Å². The summed E-state index contributed by atoms with van der Waals surface area (Å²) in [5.41, 5.74) is 0.852. The van der Waals surface area contributed by atoms with E-state index in [1.165, 1.54) is 9.71 Å². The summed E-state index contributed by atoms with van der Waals surface area (Å²) in [5, 5.41) is 4.20. The second kappa shape index (κ2) is 9.30. The molecule has 2 rings (SSSR count). The first-order valence-electron chi connectivity index (χ1n) is 9.04. The highest BCUT2D eigenvalue weighted by Crippen LogP contribution is 2.13. The number of benzene rings is 1. The molecule has 0 spiro atoms. The lowest BCUT2D eigenvalue weighted by atomic mass is 10.2. The van der Waals surface area contributed by atoms with Crippen molar-refractivity contribution in [3.63, 3.8) is 0 Å². The SMILES string of the molecule is CC(C)CNC(=O)[C@@H](C)N1CCN(S(=O)(=O)/C=C/c2ccccc2)CC1. The van der Waals surface area contributed by atoms with Crippen molar-refractivity contribution in [3.8, 4) is 0 Å². The summed E-state index contributed by atoms with van der Waals surface area (Å²) >= 11 is 0. The molecule has 1 amide bonds. The van der Waals surface area contributed by atoms with Crippen LogP contribution in [0, 0.1) is 5.92 Å². The van der Waals surface area contributed by atoms with E-state index in [-0.39, 0.29) is 11.9 Å². The van der Waals surface area contributed by atoms with Crippen LogP contribution in [-0.2, 0) is 14.8 Å². The number of sulfonamides is 1. The lowest BCUT2D eigenvalue weighted by Crippen LogP contribution is -2.54. The highest BCUT2D eigenvalue weighted by Gasteiger charge is 2.29. The van der Waals surface area contributed by atoms with E-state index >= 15 is 0 Å². The van der Waals surface area contributed by atoms with Gasteiger partial charge in [0.1, 0.15) is 0 Å². The third-order valence-corrected chi connectivity index (χ3v) is 6.04. The summed E-state index contributed by atoms with van der Waals surface area (Å²) in [4.78, 5) is 14.2. The first-order valence-corrected chi connectivity index (χ1v) is 10.5. The van der Waals surface area contributed by atoms with Crippen LogP contribution in [0.15, 0.2) is 35.7 Å². The van der Waals surface area contributed by atoms with Gasteiger partial charge in [0.05, 0.1) is 6.04 Å². The fourth-order valence-corrected chi connectivity index (χ4v) is 3.95. The van der Waals surface area contributed by atoms with Crippen molar-refractivity contribution in [2.24, 2.45) is 5.92 Å². The van der Waals surface area contributed by atoms with Gasteiger partial charge in [-0.25, -0.2) is 8.42 Å². The minimum absolute atomic E-state index is 0.000944. The maximum Gasteiger partial charge on any atom is 0.237 e. The Balaban J connectivity index is 1.88. The quantitative estimate of drug-likeness (QED) is 0.784. The molecule has 0 bridgehead atoms. The Bertz CT molecular complexity index is 709. The van der Waals surface area contributed by atoms with Gasteiger partial charge in [0, 0.05) is 38.1 Å². The van der Waals surface area contributed by atoms with E-state index in [1.54, 1.807) is 6.08 Å². The van der Waals surface area contributed by atoms with Crippen LogP contribution < -0.4 is 5.32 Å². The van der Waals surface area contributed by atoms with Gasteiger partial charge in [0.25, 0.3) is 0 Å². The molecule has 26 heavy (non-hydrogen) atoms. The second-order valence-electron chi connectivity index (χ2n) is 7.01. The molecule has 1 aliphatic heterocycles. The Hall–Kier alpha value is -1.70. The van der Waals surface area contributed by atoms with Crippen molar-refractivity contribution >= 4 is 22.0 Å². The Morgan fingerprint density at radius 1 is 1.12 bits per heavy atom. The molecule has 1 aliphatic rings. The lowest BCUT2D eigenvalue weighted by Gasteiger charge is -2.36. The zero-order valence-electron chi connectivity index (χ0n) is 15.8. The molecule has 0 saturated carbocycles. The standard InChI is InChI=1S/C19H29N3O3S/c1-16(2)15-20-19(23)17(3)21-10-12-22(13-11-21)26(24,25)14-9-18-7-5-4-6-8-18/h4-9,14,16-17H,10-13,15H2,1-3H3,(H,20,23)/b14-9+/t17-/m1/s1. The Morgan fingerprint density at radius 3 is 2.31 bits per heavy atom. The Labute approximate surface area is 156 Å². The first kappa shape index (κ1) is 20.6. The minimum atomic E-state index is -3.45. The topological polar surface area (TPSA) is 69.7 Å². The van der Waals surface area contributed by atoms with Gasteiger partial charge in [-0.2, -0.15) is 4.31 Å². The largest absolute Gasteiger partial charge is 0.354 e. The smallest absolute Gasteiger partial charge is 0.237 e. The molecule has 7 heteroatoms. The van der Waals surface area contributed by atoms with Crippen molar-refractivity contribution in [2.45, 2.75) is 26.8 Å². The molecule has 144 valence electrons. The predicted octanol–water partition coefficient (Wildman–Crippen LogP) is 1.77. The monoisotopic (exact) mass is 379 g/mol. The van der Waals surface area contributed by atoms with E-state index < -0.39 is 10.0 Å².